The summed E-state index contributed by atoms with van der Waals surface area (Å²) in [6.45, 7) is 5.16. The van der Waals surface area contributed by atoms with Crippen LogP contribution < -0.4 is 20.1 Å². The third-order valence-electron chi connectivity index (χ3n) is 5.96. The number of para-hydroxylation sites is 1. The maximum absolute atomic E-state index is 13.0. The normalized spacial score (nSPS) is 15.5. The molecule has 0 aliphatic carbocycles. The van der Waals surface area contributed by atoms with Crippen LogP contribution in [0.2, 0.25) is 0 Å². The number of carbonyl (C=O) groups is 1. The smallest absolute Gasteiger partial charge is 0.255 e. The number of aromatic nitrogens is 2. The van der Waals surface area contributed by atoms with Crippen LogP contribution >= 0.6 is 11.3 Å². The Bertz CT molecular complexity index is 1370. The zero-order valence-electron chi connectivity index (χ0n) is 18.4. The van der Waals surface area contributed by atoms with Crippen LogP contribution in [0.5, 0.6) is 11.5 Å². The lowest BCUT2D eigenvalue weighted by molar-refractivity contribution is 0.102. The van der Waals surface area contributed by atoms with E-state index in [0.29, 0.717) is 22.7 Å². The summed E-state index contributed by atoms with van der Waals surface area (Å²) in [6.07, 6.45) is 1.94. The minimum Gasteiger partial charge on any atom is -0.454 e. The second-order valence-electron chi connectivity index (χ2n) is 8.28. The number of pyridine rings is 1. The van der Waals surface area contributed by atoms with Crippen LogP contribution in [0.3, 0.4) is 0 Å². The molecule has 4 aromatic rings. The number of ether oxygens (including phenoxy) is 2. The van der Waals surface area contributed by atoms with Gasteiger partial charge in [-0.25, -0.2) is 9.97 Å². The number of thiazole rings is 1. The highest BCUT2D eigenvalue weighted by atomic mass is 32.1. The average molecular weight is 474 g/mol. The standard InChI is InChI=1S/C25H23N5O3S/c31-23(17-5-6-21-22(12-17)33-15-32-21)28-19-4-2-1-3-18(19)24-29-20-11-16(13-27-25(20)34-24)14-30-9-7-26-8-10-30/h1-6,11-13,26H,7-10,14-15H2,(H,28,31). The van der Waals surface area contributed by atoms with Gasteiger partial charge in [0, 0.05) is 50.0 Å². The van der Waals surface area contributed by atoms with Crippen LogP contribution in [0.15, 0.2) is 54.7 Å². The monoisotopic (exact) mass is 473 g/mol. The van der Waals surface area contributed by atoms with Crippen LogP contribution in [0.1, 0.15) is 15.9 Å². The Balaban J connectivity index is 1.25. The molecule has 2 N–H and O–H groups in total. The first-order valence-electron chi connectivity index (χ1n) is 11.2. The molecule has 6 rings (SSSR count). The van der Waals surface area contributed by atoms with Crippen molar-refractivity contribution in [3.63, 3.8) is 0 Å². The first-order chi connectivity index (χ1) is 16.7. The molecule has 0 atom stereocenters. The molecule has 0 unspecified atom stereocenters. The van der Waals surface area contributed by atoms with E-state index in [1.54, 1.807) is 18.2 Å². The van der Waals surface area contributed by atoms with Crippen molar-refractivity contribution >= 4 is 33.3 Å². The summed E-state index contributed by atoms with van der Waals surface area (Å²) in [6, 6.07) is 15.0. The lowest BCUT2D eigenvalue weighted by Gasteiger charge is -2.26. The number of hydrogen-bond acceptors (Lipinski definition) is 8. The number of rotatable bonds is 5. The molecule has 1 amide bonds. The van der Waals surface area contributed by atoms with Crippen LogP contribution in [0.25, 0.3) is 20.9 Å². The summed E-state index contributed by atoms with van der Waals surface area (Å²) in [5.74, 6) is 1.01. The highest BCUT2D eigenvalue weighted by Crippen LogP contribution is 2.35. The van der Waals surface area contributed by atoms with Crippen molar-refractivity contribution in [1.82, 2.24) is 20.2 Å². The van der Waals surface area contributed by atoms with E-state index < -0.39 is 0 Å². The van der Waals surface area contributed by atoms with E-state index in [9.17, 15) is 4.79 Å². The Morgan fingerprint density at radius 2 is 1.94 bits per heavy atom. The van der Waals surface area contributed by atoms with Gasteiger partial charge in [-0.1, -0.05) is 23.5 Å². The quantitative estimate of drug-likeness (QED) is 0.456. The van der Waals surface area contributed by atoms with E-state index in [-0.39, 0.29) is 12.7 Å². The van der Waals surface area contributed by atoms with Gasteiger partial charge in [-0.2, -0.15) is 0 Å². The lowest BCUT2D eigenvalue weighted by Crippen LogP contribution is -2.42. The Morgan fingerprint density at radius 3 is 2.85 bits per heavy atom. The summed E-state index contributed by atoms with van der Waals surface area (Å²) >= 11 is 1.52. The van der Waals surface area contributed by atoms with Gasteiger partial charge in [0.15, 0.2) is 11.5 Å². The molecule has 4 heterocycles. The predicted octanol–water partition coefficient (Wildman–Crippen LogP) is 3.74. The molecule has 0 bridgehead atoms. The summed E-state index contributed by atoms with van der Waals surface area (Å²) in [5, 5.41) is 7.23. The van der Waals surface area contributed by atoms with Crippen LogP contribution in [-0.4, -0.2) is 53.7 Å². The van der Waals surface area contributed by atoms with Crippen molar-refractivity contribution in [2.45, 2.75) is 6.54 Å². The topological polar surface area (TPSA) is 88.6 Å². The van der Waals surface area contributed by atoms with Gasteiger partial charge in [-0.05, 0) is 42.0 Å². The van der Waals surface area contributed by atoms with Crippen molar-refractivity contribution in [2.75, 3.05) is 38.3 Å². The van der Waals surface area contributed by atoms with Gasteiger partial charge in [0.05, 0.1) is 5.69 Å². The molecule has 0 saturated carbocycles. The zero-order chi connectivity index (χ0) is 22.9. The number of amides is 1. The third kappa shape index (κ3) is 4.21. The number of hydrogen-bond donors (Lipinski definition) is 2. The fraction of sp³-hybridized carbons (Fsp3) is 0.240. The Labute approximate surface area is 200 Å². The molecule has 2 aromatic carbocycles. The summed E-state index contributed by atoms with van der Waals surface area (Å²) in [5.41, 5.74) is 4.11. The number of fused-ring (bicyclic) bond motifs is 2. The maximum Gasteiger partial charge on any atom is 0.255 e. The van der Waals surface area contributed by atoms with E-state index in [1.165, 1.54) is 11.3 Å². The average Bonchev–Trinajstić information content (AvgIpc) is 3.51. The third-order valence-corrected chi connectivity index (χ3v) is 6.97. The fourth-order valence-corrected chi connectivity index (χ4v) is 5.13. The number of piperazine rings is 1. The second kappa shape index (κ2) is 9.02. The Morgan fingerprint density at radius 1 is 1.09 bits per heavy atom. The van der Waals surface area contributed by atoms with Crippen molar-refractivity contribution in [2.24, 2.45) is 0 Å². The van der Waals surface area contributed by atoms with Gasteiger partial charge < -0.3 is 20.1 Å². The largest absolute Gasteiger partial charge is 0.454 e. The van der Waals surface area contributed by atoms with E-state index in [1.807, 2.05) is 30.5 Å². The Kier molecular flexibility index (Phi) is 5.58. The number of nitrogens with zero attached hydrogens (tertiary/aromatic N) is 3. The van der Waals surface area contributed by atoms with Gasteiger partial charge in [0.2, 0.25) is 6.79 Å². The highest BCUT2D eigenvalue weighted by molar-refractivity contribution is 7.21. The molecular weight excluding hydrogens is 450 g/mol. The van der Waals surface area contributed by atoms with Crippen LogP contribution in [0, 0.1) is 0 Å². The first-order valence-corrected chi connectivity index (χ1v) is 12.0. The van der Waals surface area contributed by atoms with Crippen molar-refractivity contribution in [3.05, 3.63) is 65.9 Å². The van der Waals surface area contributed by atoms with Gasteiger partial charge in [0.25, 0.3) is 5.91 Å². The number of benzene rings is 2. The summed E-state index contributed by atoms with van der Waals surface area (Å²) < 4.78 is 10.7. The molecule has 0 spiro atoms. The molecule has 34 heavy (non-hydrogen) atoms. The molecule has 9 heteroatoms. The molecule has 1 saturated heterocycles. The van der Waals surface area contributed by atoms with Crippen LogP contribution in [-0.2, 0) is 6.54 Å². The van der Waals surface area contributed by atoms with Gasteiger partial charge in [-0.3, -0.25) is 9.69 Å². The van der Waals surface area contributed by atoms with Crippen molar-refractivity contribution < 1.29 is 14.3 Å². The molecule has 1 fully saturated rings. The van der Waals surface area contributed by atoms with Crippen molar-refractivity contribution in [3.8, 4) is 22.1 Å². The van der Waals surface area contributed by atoms with E-state index >= 15 is 0 Å². The summed E-state index contributed by atoms with van der Waals surface area (Å²) in [4.78, 5) is 25.8. The maximum atomic E-state index is 13.0. The number of anilines is 1. The first kappa shape index (κ1) is 21.0. The highest BCUT2D eigenvalue weighted by Gasteiger charge is 2.18. The van der Waals surface area contributed by atoms with E-state index in [4.69, 9.17) is 14.5 Å². The number of nitrogens with one attached hydrogen (secondary N) is 2. The minimum atomic E-state index is -0.219. The molecule has 172 valence electrons. The van der Waals surface area contributed by atoms with E-state index in [2.05, 4.69) is 26.6 Å². The number of carbonyl (C=O) groups excluding carboxylic acids is 1. The lowest BCUT2D eigenvalue weighted by atomic mass is 10.1. The van der Waals surface area contributed by atoms with Gasteiger partial charge in [-0.15, -0.1) is 0 Å². The SMILES string of the molecule is O=C(Nc1ccccc1-c1nc2cc(CN3CCNCC3)cnc2s1)c1ccc2c(c1)OCO2. The molecule has 8 nitrogen and oxygen atoms in total. The molecule has 0 radical (unpaired) electrons. The van der Waals surface area contributed by atoms with Crippen LogP contribution in [0.4, 0.5) is 5.69 Å². The summed E-state index contributed by atoms with van der Waals surface area (Å²) in [7, 11) is 0. The van der Waals surface area contributed by atoms with E-state index in [0.717, 1.165) is 59.2 Å². The van der Waals surface area contributed by atoms with Crippen molar-refractivity contribution in [1.29, 1.82) is 0 Å². The molecular formula is C25H23N5O3S. The molecule has 2 aliphatic rings. The minimum absolute atomic E-state index is 0.172. The Hall–Kier alpha value is -3.53. The van der Waals surface area contributed by atoms with Gasteiger partial charge in [0.1, 0.15) is 15.4 Å². The fourth-order valence-electron chi connectivity index (χ4n) is 4.20. The predicted molar refractivity (Wildman–Crippen MR) is 132 cm³/mol. The molecule has 2 aromatic heterocycles. The molecule has 2 aliphatic heterocycles. The second-order valence-corrected chi connectivity index (χ2v) is 9.26. The van der Waals surface area contributed by atoms with Gasteiger partial charge >= 0.3 is 0 Å². The zero-order valence-corrected chi connectivity index (χ0v) is 19.2.